The topological polar surface area (TPSA) is 56.0 Å². The Hall–Kier alpha value is -1.87. The van der Waals surface area contributed by atoms with Gasteiger partial charge in [0.2, 0.25) is 5.91 Å². The molecule has 0 bridgehead atoms. The maximum atomic E-state index is 11.3. The largest absolute Gasteiger partial charge is 0.366 e. The van der Waals surface area contributed by atoms with E-state index < -0.39 is 5.91 Å². The van der Waals surface area contributed by atoms with E-state index in [-0.39, 0.29) is 5.15 Å². The fourth-order valence-corrected chi connectivity index (χ4v) is 1.79. The summed E-state index contributed by atoms with van der Waals surface area (Å²) in [5, 5.41) is 0.280. The predicted molar refractivity (Wildman–Crippen MR) is 63.2 cm³/mol. The maximum absolute atomic E-state index is 11.3. The molecule has 1 amide bonds. The first-order chi connectivity index (χ1) is 7.70. The third kappa shape index (κ3) is 1.90. The monoisotopic (exact) mass is 232 g/mol. The molecule has 0 fully saturated rings. The van der Waals surface area contributed by atoms with E-state index in [4.69, 9.17) is 17.3 Å². The third-order valence-corrected chi connectivity index (χ3v) is 2.52. The van der Waals surface area contributed by atoms with Crippen LogP contribution in [-0.2, 0) is 0 Å². The standard InChI is InChI=1S/C12H9ClN2O/c13-11-10(8-4-2-1-3-5-8)9(12(14)16)6-7-15-11/h1-7H,(H2,14,16). The number of nitrogens with zero attached hydrogens (tertiary/aromatic N) is 1. The van der Waals surface area contributed by atoms with E-state index in [1.54, 1.807) is 6.07 Å². The van der Waals surface area contributed by atoms with Crippen molar-refractivity contribution in [1.29, 1.82) is 0 Å². The molecule has 1 heterocycles. The molecule has 2 rings (SSSR count). The molecule has 80 valence electrons. The first-order valence-corrected chi connectivity index (χ1v) is 5.07. The van der Waals surface area contributed by atoms with Gasteiger partial charge in [0.1, 0.15) is 5.15 Å². The van der Waals surface area contributed by atoms with Crippen molar-refractivity contribution in [1.82, 2.24) is 4.98 Å². The molecule has 1 aromatic carbocycles. The van der Waals surface area contributed by atoms with Crippen LogP contribution in [0.25, 0.3) is 11.1 Å². The summed E-state index contributed by atoms with van der Waals surface area (Å²) in [5.74, 6) is -0.511. The van der Waals surface area contributed by atoms with Crippen molar-refractivity contribution >= 4 is 17.5 Å². The van der Waals surface area contributed by atoms with Crippen LogP contribution in [0.5, 0.6) is 0 Å². The van der Waals surface area contributed by atoms with Gasteiger partial charge in [-0.3, -0.25) is 4.79 Å². The lowest BCUT2D eigenvalue weighted by Gasteiger charge is -2.07. The smallest absolute Gasteiger partial charge is 0.249 e. The van der Waals surface area contributed by atoms with Crippen molar-refractivity contribution in [3.05, 3.63) is 53.3 Å². The number of aromatic nitrogens is 1. The Morgan fingerprint density at radius 3 is 2.50 bits per heavy atom. The number of primary amides is 1. The number of pyridine rings is 1. The zero-order valence-corrected chi connectivity index (χ0v) is 9.11. The Morgan fingerprint density at radius 1 is 1.19 bits per heavy atom. The molecule has 0 aliphatic heterocycles. The molecule has 3 nitrogen and oxygen atoms in total. The number of carbonyl (C=O) groups excluding carboxylic acids is 1. The number of nitrogens with two attached hydrogens (primary N) is 1. The molecule has 0 aliphatic rings. The van der Waals surface area contributed by atoms with Crippen molar-refractivity contribution in [3.8, 4) is 11.1 Å². The molecule has 2 aromatic rings. The second-order valence-electron chi connectivity index (χ2n) is 3.25. The summed E-state index contributed by atoms with van der Waals surface area (Å²) >= 11 is 5.99. The van der Waals surface area contributed by atoms with E-state index in [9.17, 15) is 4.79 Å². The number of amides is 1. The Labute approximate surface area is 97.9 Å². The number of halogens is 1. The van der Waals surface area contributed by atoms with E-state index in [2.05, 4.69) is 4.98 Å². The van der Waals surface area contributed by atoms with Crippen LogP contribution in [0.3, 0.4) is 0 Å². The summed E-state index contributed by atoms with van der Waals surface area (Å²) in [7, 11) is 0. The van der Waals surface area contributed by atoms with E-state index >= 15 is 0 Å². The van der Waals surface area contributed by atoms with Gasteiger partial charge in [-0.05, 0) is 11.6 Å². The van der Waals surface area contributed by atoms with Gasteiger partial charge in [0.15, 0.2) is 0 Å². The van der Waals surface area contributed by atoms with Gasteiger partial charge in [-0.2, -0.15) is 0 Å². The number of benzene rings is 1. The van der Waals surface area contributed by atoms with Gasteiger partial charge in [-0.1, -0.05) is 41.9 Å². The van der Waals surface area contributed by atoms with Gasteiger partial charge in [0, 0.05) is 11.8 Å². The molecular formula is C12H9ClN2O. The fourth-order valence-electron chi connectivity index (χ4n) is 1.52. The minimum absolute atomic E-state index is 0.280. The van der Waals surface area contributed by atoms with Crippen molar-refractivity contribution < 1.29 is 4.79 Å². The van der Waals surface area contributed by atoms with Crippen LogP contribution in [0.15, 0.2) is 42.6 Å². The van der Waals surface area contributed by atoms with E-state index in [0.717, 1.165) is 5.56 Å². The quantitative estimate of drug-likeness (QED) is 0.809. The second-order valence-corrected chi connectivity index (χ2v) is 3.61. The highest BCUT2D eigenvalue weighted by molar-refractivity contribution is 6.33. The molecular weight excluding hydrogens is 224 g/mol. The Bertz CT molecular complexity index is 526. The summed E-state index contributed by atoms with van der Waals surface area (Å²) in [6, 6.07) is 10.9. The Kier molecular flexibility index (Phi) is 2.88. The molecule has 2 N–H and O–H groups in total. The summed E-state index contributed by atoms with van der Waals surface area (Å²) in [5.41, 5.74) is 7.09. The lowest BCUT2D eigenvalue weighted by atomic mass is 10.0. The number of rotatable bonds is 2. The fraction of sp³-hybridized carbons (Fsp3) is 0. The second kappa shape index (κ2) is 4.33. The minimum Gasteiger partial charge on any atom is -0.366 e. The number of carbonyl (C=O) groups is 1. The van der Waals surface area contributed by atoms with Crippen LogP contribution >= 0.6 is 11.6 Å². The molecule has 1 aromatic heterocycles. The van der Waals surface area contributed by atoms with Crippen molar-refractivity contribution in [3.63, 3.8) is 0 Å². The number of hydrogen-bond donors (Lipinski definition) is 1. The lowest BCUT2D eigenvalue weighted by molar-refractivity contribution is 0.100. The SMILES string of the molecule is NC(=O)c1ccnc(Cl)c1-c1ccccc1. The van der Waals surface area contributed by atoms with E-state index in [0.29, 0.717) is 11.1 Å². The van der Waals surface area contributed by atoms with E-state index in [1.165, 1.54) is 6.20 Å². The molecule has 0 radical (unpaired) electrons. The lowest BCUT2D eigenvalue weighted by Crippen LogP contribution is -2.12. The average molecular weight is 233 g/mol. The van der Waals surface area contributed by atoms with Crippen LogP contribution in [0.1, 0.15) is 10.4 Å². The zero-order chi connectivity index (χ0) is 11.5. The van der Waals surface area contributed by atoms with Crippen LogP contribution < -0.4 is 5.73 Å². The summed E-state index contributed by atoms with van der Waals surface area (Å²) < 4.78 is 0. The van der Waals surface area contributed by atoms with Gasteiger partial charge in [-0.25, -0.2) is 4.98 Å². The van der Waals surface area contributed by atoms with Crippen LogP contribution in [0, 0.1) is 0 Å². The zero-order valence-electron chi connectivity index (χ0n) is 8.35. The first kappa shape index (κ1) is 10.6. The van der Waals surface area contributed by atoms with Gasteiger partial charge < -0.3 is 5.73 Å². The highest BCUT2D eigenvalue weighted by atomic mass is 35.5. The molecule has 0 atom stereocenters. The highest BCUT2D eigenvalue weighted by Gasteiger charge is 2.13. The highest BCUT2D eigenvalue weighted by Crippen LogP contribution is 2.29. The van der Waals surface area contributed by atoms with E-state index in [1.807, 2.05) is 30.3 Å². The number of hydrogen-bond acceptors (Lipinski definition) is 2. The minimum atomic E-state index is -0.511. The van der Waals surface area contributed by atoms with Crippen molar-refractivity contribution in [2.24, 2.45) is 5.73 Å². The molecule has 0 saturated carbocycles. The van der Waals surface area contributed by atoms with Gasteiger partial charge in [0.05, 0.1) is 5.56 Å². The maximum Gasteiger partial charge on any atom is 0.249 e. The van der Waals surface area contributed by atoms with Gasteiger partial charge >= 0.3 is 0 Å². The molecule has 16 heavy (non-hydrogen) atoms. The van der Waals surface area contributed by atoms with Gasteiger partial charge in [0.25, 0.3) is 0 Å². The van der Waals surface area contributed by atoms with Crippen LogP contribution in [0.4, 0.5) is 0 Å². The molecule has 4 heteroatoms. The molecule has 0 unspecified atom stereocenters. The van der Waals surface area contributed by atoms with Crippen molar-refractivity contribution in [2.75, 3.05) is 0 Å². The summed E-state index contributed by atoms with van der Waals surface area (Å²) in [6.07, 6.45) is 1.47. The average Bonchev–Trinajstić information content (AvgIpc) is 2.29. The normalized spacial score (nSPS) is 10.1. The molecule has 0 spiro atoms. The van der Waals surface area contributed by atoms with Crippen molar-refractivity contribution in [2.45, 2.75) is 0 Å². The first-order valence-electron chi connectivity index (χ1n) is 4.70. The van der Waals surface area contributed by atoms with Crippen LogP contribution in [-0.4, -0.2) is 10.9 Å². The summed E-state index contributed by atoms with van der Waals surface area (Å²) in [6.45, 7) is 0. The summed E-state index contributed by atoms with van der Waals surface area (Å²) in [4.78, 5) is 15.2. The Morgan fingerprint density at radius 2 is 1.88 bits per heavy atom. The molecule has 0 saturated heterocycles. The third-order valence-electron chi connectivity index (χ3n) is 2.23. The molecule has 0 aliphatic carbocycles. The van der Waals surface area contributed by atoms with Gasteiger partial charge in [-0.15, -0.1) is 0 Å². The predicted octanol–water partition coefficient (Wildman–Crippen LogP) is 2.50. The van der Waals surface area contributed by atoms with Crippen LogP contribution in [0.2, 0.25) is 5.15 Å². The Balaban J connectivity index is 2.68.